The number of carbonyl (C=O) groups is 1. The summed E-state index contributed by atoms with van der Waals surface area (Å²) in [6, 6.07) is 3.49. The second-order valence-electron chi connectivity index (χ2n) is 4.31. The maximum Gasteiger partial charge on any atom is 0.259 e. The van der Waals surface area contributed by atoms with Crippen LogP contribution in [0.2, 0.25) is 0 Å². The molecule has 1 aromatic heterocycles. The van der Waals surface area contributed by atoms with E-state index in [1.54, 1.807) is 18.3 Å². The van der Waals surface area contributed by atoms with Gasteiger partial charge in [-0.1, -0.05) is 0 Å². The van der Waals surface area contributed by atoms with Crippen molar-refractivity contribution in [2.24, 2.45) is 0 Å². The summed E-state index contributed by atoms with van der Waals surface area (Å²) >= 11 is 0. The van der Waals surface area contributed by atoms with Crippen molar-refractivity contribution in [3.05, 3.63) is 23.9 Å². The number of ether oxygens (including phenoxy) is 2. The van der Waals surface area contributed by atoms with Gasteiger partial charge < -0.3 is 14.4 Å². The van der Waals surface area contributed by atoms with Crippen LogP contribution in [0, 0.1) is 0 Å². The fourth-order valence-corrected chi connectivity index (χ4v) is 2.26. The van der Waals surface area contributed by atoms with Gasteiger partial charge in [0.25, 0.3) is 5.91 Å². The van der Waals surface area contributed by atoms with Gasteiger partial charge in [-0.25, -0.2) is 4.98 Å². The number of hydrogen-bond acceptors (Lipinski definition) is 4. The van der Waals surface area contributed by atoms with E-state index in [9.17, 15) is 4.79 Å². The molecule has 2 atom stereocenters. The van der Waals surface area contributed by atoms with Crippen LogP contribution < -0.4 is 4.74 Å². The van der Waals surface area contributed by atoms with Crippen LogP contribution in [0.15, 0.2) is 18.3 Å². The highest BCUT2D eigenvalue weighted by Crippen LogP contribution is 2.31. The van der Waals surface area contributed by atoms with Gasteiger partial charge in [0.2, 0.25) is 5.88 Å². The largest absolute Gasteiger partial charge is 0.480 e. The molecule has 0 N–H and O–H groups in total. The number of pyridine rings is 1. The van der Waals surface area contributed by atoms with Crippen molar-refractivity contribution < 1.29 is 14.3 Å². The number of likely N-dealkylation sites (tertiary alicyclic amines) is 1. The summed E-state index contributed by atoms with van der Waals surface area (Å²) in [5.74, 6) is 0.361. The Kier molecular flexibility index (Phi) is 2.48. The van der Waals surface area contributed by atoms with E-state index in [0.29, 0.717) is 24.1 Å². The highest BCUT2D eigenvalue weighted by molar-refractivity contribution is 5.96. The third-order valence-electron chi connectivity index (χ3n) is 3.25. The van der Waals surface area contributed by atoms with E-state index < -0.39 is 0 Å². The molecular weight excluding hydrogens is 220 g/mol. The van der Waals surface area contributed by atoms with E-state index in [1.165, 1.54) is 7.11 Å². The molecule has 0 aliphatic carbocycles. The zero-order chi connectivity index (χ0) is 11.8. The van der Waals surface area contributed by atoms with Crippen LogP contribution >= 0.6 is 0 Å². The van der Waals surface area contributed by atoms with Crippen molar-refractivity contribution >= 4 is 5.91 Å². The Bertz CT molecular complexity index is 449. The molecule has 3 rings (SSSR count). The van der Waals surface area contributed by atoms with Crippen molar-refractivity contribution in [2.75, 3.05) is 20.2 Å². The number of methoxy groups -OCH3 is 1. The summed E-state index contributed by atoms with van der Waals surface area (Å²) in [5, 5.41) is 0. The number of rotatable bonds is 2. The van der Waals surface area contributed by atoms with Crippen molar-refractivity contribution in [3.63, 3.8) is 0 Å². The fourth-order valence-electron chi connectivity index (χ4n) is 2.26. The summed E-state index contributed by atoms with van der Waals surface area (Å²) in [7, 11) is 1.52. The molecular formula is C12H14N2O3. The summed E-state index contributed by atoms with van der Waals surface area (Å²) in [5.41, 5.74) is 0.522. The average Bonchev–Trinajstić information content (AvgIpc) is 3.16. The molecule has 17 heavy (non-hydrogen) atoms. The molecule has 90 valence electrons. The summed E-state index contributed by atoms with van der Waals surface area (Å²) in [6.07, 6.45) is 3.18. The molecule has 2 aliphatic heterocycles. The lowest BCUT2D eigenvalue weighted by atomic mass is 10.1. The quantitative estimate of drug-likeness (QED) is 0.707. The molecule has 2 fully saturated rings. The van der Waals surface area contributed by atoms with E-state index in [1.807, 2.05) is 4.90 Å². The van der Waals surface area contributed by atoms with Crippen LogP contribution in [0.3, 0.4) is 0 Å². The van der Waals surface area contributed by atoms with Gasteiger partial charge in [0, 0.05) is 19.3 Å². The minimum Gasteiger partial charge on any atom is -0.480 e. The molecule has 0 radical (unpaired) electrons. The average molecular weight is 234 g/mol. The fraction of sp³-hybridized carbons (Fsp3) is 0.500. The Hall–Kier alpha value is -1.62. The standard InChI is InChI=1S/C12H14N2O3/c1-16-11-8(3-2-5-13-11)12(15)14-6-4-9-10(7-14)17-9/h2-3,5,9-10H,4,6-7H2,1H3/t9-,10+/m0/s1. The van der Waals surface area contributed by atoms with E-state index in [4.69, 9.17) is 9.47 Å². The van der Waals surface area contributed by atoms with Crippen molar-refractivity contribution in [2.45, 2.75) is 18.6 Å². The predicted molar refractivity (Wildman–Crippen MR) is 60.0 cm³/mol. The number of nitrogens with zero attached hydrogens (tertiary/aromatic N) is 2. The zero-order valence-corrected chi connectivity index (χ0v) is 9.63. The first-order valence-electron chi connectivity index (χ1n) is 5.73. The first-order chi connectivity index (χ1) is 8.29. The smallest absolute Gasteiger partial charge is 0.259 e. The Morgan fingerprint density at radius 3 is 3.24 bits per heavy atom. The van der Waals surface area contributed by atoms with Gasteiger partial charge in [-0.3, -0.25) is 4.79 Å². The van der Waals surface area contributed by atoms with E-state index in [2.05, 4.69) is 4.98 Å². The molecule has 0 saturated carbocycles. The predicted octanol–water partition coefficient (Wildman–Crippen LogP) is 0.703. The highest BCUT2D eigenvalue weighted by Gasteiger charge is 2.44. The van der Waals surface area contributed by atoms with Gasteiger partial charge in [-0.15, -0.1) is 0 Å². The van der Waals surface area contributed by atoms with Crippen LogP contribution in [0.25, 0.3) is 0 Å². The highest BCUT2D eigenvalue weighted by atomic mass is 16.6. The third-order valence-corrected chi connectivity index (χ3v) is 3.25. The molecule has 2 saturated heterocycles. The van der Waals surface area contributed by atoms with Crippen molar-refractivity contribution in [3.8, 4) is 5.88 Å². The Labute approximate surface area is 99.3 Å². The first kappa shape index (κ1) is 10.5. The van der Waals surface area contributed by atoms with E-state index >= 15 is 0 Å². The Morgan fingerprint density at radius 1 is 1.59 bits per heavy atom. The molecule has 2 aliphatic rings. The number of fused-ring (bicyclic) bond motifs is 1. The minimum atomic E-state index is -0.0242. The van der Waals surface area contributed by atoms with E-state index in [-0.39, 0.29) is 12.0 Å². The van der Waals surface area contributed by atoms with Gasteiger partial charge >= 0.3 is 0 Å². The molecule has 0 aromatic carbocycles. The number of piperidine rings is 1. The topological polar surface area (TPSA) is 55.0 Å². The van der Waals surface area contributed by atoms with Crippen LogP contribution in [0.5, 0.6) is 5.88 Å². The molecule has 1 amide bonds. The maximum absolute atomic E-state index is 12.3. The van der Waals surface area contributed by atoms with E-state index in [0.717, 1.165) is 13.0 Å². The molecule has 0 spiro atoms. The number of aromatic nitrogens is 1. The summed E-state index contributed by atoms with van der Waals surface area (Å²) in [6.45, 7) is 1.43. The third kappa shape index (κ3) is 1.86. The van der Waals surface area contributed by atoms with Crippen LogP contribution in [-0.2, 0) is 4.74 Å². The SMILES string of the molecule is COc1ncccc1C(=O)N1CC[C@@H]2O[C@@H]2C1. The van der Waals surface area contributed by atoms with Crippen LogP contribution in [0.4, 0.5) is 0 Å². The number of epoxide rings is 1. The Morgan fingerprint density at radius 2 is 2.47 bits per heavy atom. The van der Waals surface area contributed by atoms with Crippen molar-refractivity contribution in [1.82, 2.24) is 9.88 Å². The van der Waals surface area contributed by atoms with Gasteiger partial charge in [0.05, 0.1) is 13.2 Å². The van der Waals surface area contributed by atoms with Crippen molar-refractivity contribution in [1.29, 1.82) is 0 Å². The minimum absolute atomic E-state index is 0.0242. The lowest BCUT2D eigenvalue weighted by molar-refractivity contribution is 0.0732. The van der Waals surface area contributed by atoms with Gasteiger partial charge in [0.15, 0.2) is 0 Å². The second-order valence-corrected chi connectivity index (χ2v) is 4.31. The molecule has 5 heteroatoms. The van der Waals surface area contributed by atoms with Crippen LogP contribution in [-0.4, -0.2) is 48.2 Å². The summed E-state index contributed by atoms with van der Waals surface area (Å²) < 4.78 is 10.5. The van der Waals surface area contributed by atoms with Gasteiger partial charge in [-0.2, -0.15) is 0 Å². The maximum atomic E-state index is 12.3. The lowest BCUT2D eigenvalue weighted by Gasteiger charge is -2.24. The molecule has 5 nitrogen and oxygen atoms in total. The normalized spacial score (nSPS) is 26.3. The first-order valence-corrected chi connectivity index (χ1v) is 5.73. The zero-order valence-electron chi connectivity index (χ0n) is 9.63. The van der Waals surface area contributed by atoms with Gasteiger partial charge in [0.1, 0.15) is 11.7 Å². The number of amides is 1. The second kappa shape index (κ2) is 4.00. The monoisotopic (exact) mass is 234 g/mol. The lowest BCUT2D eigenvalue weighted by Crippen LogP contribution is -2.39. The molecule has 1 aromatic rings. The molecule has 3 heterocycles. The van der Waals surface area contributed by atoms with Gasteiger partial charge in [-0.05, 0) is 18.6 Å². The summed E-state index contributed by atoms with van der Waals surface area (Å²) in [4.78, 5) is 18.1. The molecule has 0 unspecified atom stereocenters. The number of hydrogen-bond donors (Lipinski definition) is 0. The van der Waals surface area contributed by atoms with Crippen LogP contribution in [0.1, 0.15) is 16.8 Å². The Balaban J connectivity index is 1.80. The molecule has 0 bridgehead atoms. The number of carbonyl (C=O) groups excluding carboxylic acids is 1.